The summed E-state index contributed by atoms with van der Waals surface area (Å²) >= 11 is 0. The Bertz CT molecular complexity index is 408. The van der Waals surface area contributed by atoms with Crippen molar-refractivity contribution < 1.29 is 9.59 Å². The van der Waals surface area contributed by atoms with Crippen molar-refractivity contribution in [3.63, 3.8) is 0 Å². The summed E-state index contributed by atoms with van der Waals surface area (Å²) < 4.78 is 0. The lowest BCUT2D eigenvalue weighted by Crippen LogP contribution is -2.62. The summed E-state index contributed by atoms with van der Waals surface area (Å²) in [7, 11) is 0. The molecule has 1 fully saturated rings. The third-order valence-electron chi connectivity index (χ3n) is 3.77. The molecule has 1 saturated heterocycles. The quantitative estimate of drug-likeness (QED) is 0.567. The van der Waals surface area contributed by atoms with Crippen molar-refractivity contribution in [3.8, 4) is 0 Å². The number of hydrogen-bond acceptors (Lipinski definition) is 2. The summed E-state index contributed by atoms with van der Waals surface area (Å²) in [5.74, 6) is -0.416. The normalized spacial score (nSPS) is 40.6. The summed E-state index contributed by atoms with van der Waals surface area (Å²) in [6.07, 6.45) is 4.05. The van der Waals surface area contributed by atoms with Gasteiger partial charge in [0.2, 0.25) is 11.8 Å². The van der Waals surface area contributed by atoms with Gasteiger partial charge in [0.25, 0.3) is 0 Å². The van der Waals surface area contributed by atoms with Gasteiger partial charge in [-0.15, -0.1) is 0 Å². The van der Waals surface area contributed by atoms with E-state index in [4.69, 9.17) is 0 Å². The fraction of sp³-hybridized carbons (Fsp3) is 0.500. The van der Waals surface area contributed by atoms with Gasteiger partial charge in [-0.25, -0.2) is 0 Å². The highest BCUT2D eigenvalue weighted by Gasteiger charge is 2.45. The standard InChI is InChI=1S/C12H14N2O2/c1-5-3-7-10-6(2)4-8(14-12(10)16)9(5)11(15)13-7/h3-4,7-10H,1-2H3,(H,13,15)(H,14,16). The van der Waals surface area contributed by atoms with E-state index in [1.807, 2.05) is 26.0 Å². The largest absolute Gasteiger partial charge is 0.348 e. The summed E-state index contributed by atoms with van der Waals surface area (Å²) in [5, 5.41) is 5.85. The zero-order valence-electron chi connectivity index (χ0n) is 9.28. The van der Waals surface area contributed by atoms with Crippen molar-refractivity contribution in [2.24, 2.45) is 11.8 Å². The number of rotatable bonds is 0. The summed E-state index contributed by atoms with van der Waals surface area (Å²) in [6, 6.07) is -0.359. The van der Waals surface area contributed by atoms with Gasteiger partial charge in [-0.2, -0.15) is 0 Å². The number of carbonyl (C=O) groups is 2. The van der Waals surface area contributed by atoms with Crippen LogP contribution in [0.1, 0.15) is 13.8 Å². The Hall–Kier alpha value is -1.58. The SMILES string of the molecule is CC1=CC2NC(=O)C1C1C=C(C)C2C(=O)N1. The first-order valence-corrected chi connectivity index (χ1v) is 5.55. The number of carbonyl (C=O) groups excluding carboxylic acids is 2. The number of hydrogen-bond donors (Lipinski definition) is 2. The maximum Gasteiger partial charge on any atom is 0.230 e. The first-order chi connectivity index (χ1) is 7.58. The van der Waals surface area contributed by atoms with Crippen molar-refractivity contribution in [1.29, 1.82) is 0 Å². The molecule has 0 aromatic carbocycles. The van der Waals surface area contributed by atoms with E-state index >= 15 is 0 Å². The highest BCUT2D eigenvalue weighted by molar-refractivity contribution is 5.92. The Morgan fingerprint density at radius 1 is 0.875 bits per heavy atom. The third-order valence-corrected chi connectivity index (χ3v) is 3.77. The van der Waals surface area contributed by atoms with Gasteiger partial charge in [0, 0.05) is 0 Å². The molecule has 0 spiro atoms. The van der Waals surface area contributed by atoms with E-state index < -0.39 is 0 Å². The molecule has 4 nitrogen and oxygen atoms in total. The molecular weight excluding hydrogens is 204 g/mol. The van der Waals surface area contributed by atoms with Gasteiger partial charge in [-0.1, -0.05) is 23.3 Å². The van der Waals surface area contributed by atoms with Crippen LogP contribution >= 0.6 is 0 Å². The van der Waals surface area contributed by atoms with Crippen LogP contribution in [0.3, 0.4) is 0 Å². The van der Waals surface area contributed by atoms with E-state index in [0.29, 0.717) is 0 Å². The maximum absolute atomic E-state index is 11.9. The Morgan fingerprint density at radius 3 is 1.56 bits per heavy atom. The van der Waals surface area contributed by atoms with Crippen LogP contribution in [-0.4, -0.2) is 23.9 Å². The molecule has 6 aliphatic rings. The lowest BCUT2D eigenvalue weighted by molar-refractivity contribution is -0.132. The molecule has 4 heteroatoms. The van der Waals surface area contributed by atoms with E-state index in [-0.39, 0.29) is 35.7 Å². The Balaban J connectivity index is 2.19. The molecule has 2 amide bonds. The Kier molecular flexibility index (Phi) is 1.79. The van der Waals surface area contributed by atoms with Gasteiger partial charge in [0.05, 0.1) is 23.9 Å². The molecule has 2 N–H and O–H groups in total. The first-order valence-electron chi connectivity index (χ1n) is 5.55. The maximum atomic E-state index is 11.9. The molecule has 0 aromatic heterocycles. The molecule has 1 aliphatic carbocycles. The number of amides is 2. The van der Waals surface area contributed by atoms with Gasteiger partial charge >= 0.3 is 0 Å². The summed E-state index contributed by atoms with van der Waals surface area (Å²) in [6.45, 7) is 3.93. The molecule has 0 saturated carbocycles. The highest BCUT2D eigenvalue weighted by Crippen LogP contribution is 2.34. The molecule has 84 valence electrons. The van der Waals surface area contributed by atoms with Gasteiger partial charge in [-0.3, -0.25) is 9.59 Å². The minimum atomic E-state index is -0.239. The zero-order valence-corrected chi connectivity index (χ0v) is 9.28. The molecule has 4 atom stereocenters. The van der Waals surface area contributed by atoms with Gasteiger partial charge < -0.3 is 10.6 Å². The first kappa shape index (κ1) is 9.63. The second-order valence-corrected chi connectivity index (χ2v) is 4.85. The average molecular weight is 218 g/mol. The highest BCUT2D eigenvalue weighted by atomic mass is 16.2. The van der Waals surface area contributed by atoms with Gasteiger partial charge in [-0.05, 0) is 13.8 Å². The fourth-order valence-electron chi connectivity index (χ4n) is 3.03. The van der Waals surface area contributed by atoms with E-state index in [2.05, 4.69) is 10.6 Å². The van der Waals surface area contributed by atoms with E-state index in [0.717, 1.165) is 11.1 Å². The van der Waals surface area contributed by atoms with Crippen LogP contribution in [-0.2, 0) is 9.59 Å². The topological polar surface area (TPSA) is 58.2 Å². The number of nitrogens with one attached hydrogen (secondary N) is 2. The molecule has 0 radical (unpaired) electrons. The molecule has 4 unspecified atom stereocenters. The van der Waals surface area contributed by atoms with Crippen LogP contribution in [0.2, 0.25) is 0 Å². The molecule has 4 bridgehead atoms. The van der Waals surface area contributed by atoms with Crippen LogP contribution < -0.4 is 10.6 Å². The van der Waals surface area contributed by atoms with Crippen LogP contribution in [0.15, 0.2) is 23.3 Å². The molecule has 6 rings (SSSR count). The molecule has 5 heterocycles. The van der Waals surface area contributed by atoms with Gasteiger partial charge in [0.1, 0.15) is 0 Å². The predicted octanol–water partition coefficient (Wildman–Crippen LogP) is 0.122. The minimum absolute atomic E-state index is 0.0313. The smallest absolute Gasteiger partial charge is 0.230 e. The Labute approximate surface area is 93.8 Å². The summed E-state index contributed by atoms with van der Waals surface area (Å²) in [5.41, 5.74) is 2.12. The van der Waals surface area contributed by atoms with E-state index in [9.17, 15) is 9.59 Å². The third kappa shape index (κ3) is 1.10. The van der Waals surface area contributed by atoms with Crippen LogP contribution in [0.25, 0.3) is 0 Å². The van der Waals surface area contributed by atoms with Crippen molar-refractivity contribution in [2.45, 2.75) is 25.9 Å². The monoisotopic (exact) mass is 218 g/mol. The van der Waals surface area contributed by atoms with Gasteiger partial charge in [0.15, 0.2) is 0 Å². The second-order valence-electron chi connectivity index (χ2n) is 4.85. The predicted molar refractivity (Wildman–Crippen MR) is 58.4 cm³/mol. The van der Waals surface area contributed by atoms with Crippen molar-refractivity contribution >= 4 is 11.8 Å². The summed E-state index contributed by atoms with van der Waals surface area (Å²) in [4.78, 5) is 23.8. The van der Waals surface area contributed by atoms with Crippen molar-refractivity contribution in [3.05, 3.63) is 23.3 Å². The fourth-order valence-corrected chi connectivity index (χ4v) is 3.03. The van der Waals surface area contributed by atoms with Crippen LogP contribution in [0, 0.1) is 11.8 Å². The molecule has 16 heavy (non-hydrogen) atoms. The lowest BCUT2D eigenvalue weighted by Gasteiger charge is -2.43. The van der Waals surface area contributed by atoms with Crippen molar-refractivity contribution in [1.82, 2.24) is 10.6 Å². The zero-order chi connectivity index (χ0) is 11.4. The van der Waals surface area contributed by atoms with Crippen LogP contribution in [0.5, 0.6) is 0 Å². The van der Waals surface area contributed by atoms with E-state index in [1.165, 1.54) is 0 Å². The van der Waals surface area contributed by atoms with Crippen LogP contribution in [0.4, 0.5) is 0 Å². The second kappa shape index (κ2) is 2.97. The van der Waals surface area contributed by atoms with E-state index in [1.54, 1.807) is 0 Å². The minimum Gasteiger partial charge on any atom is -0.348 e. The molecular formula is C12H14N2O2. The lowest BCUT2D eigenvalue weighted by atomic mass is 9.74. The van der Waals surface area contributed by atoms with Crippen molar-refractivity contribution in [2.75, 3.05) is 0 Å². The Morgan fingerprint density at radius 2 is 1.25 bits per heavy atom. The molecule has 5 aliphatic heterocycles. The molecule has 0 aromatic rings. The average Bonchev–Trinajstić information content (AvgIpc) is 2.12.